The van der Waals surface area contributed by atoms with Gasteiger partial charge in [-0.2, -0.15) is 0 Å². The van der Waals surface area contributed by atoms with E-state index in [4.69, 9.17) is 5.73 Å². The molecule has 2 rings (SSSR count). The fourth-order valence-electron chi connectivity index (χ4n) is 1.98. The van der Waals surface area contributed by atoms with Crippen molar-refractivity contribution < 1.29 is 0 Å². The van der Waals surface area contributed by atoms with Crippen LogP contribution in [-0.2, 0) is 13.0 Å². The van der Waals surface area contributed by atoms with E-state index in [1.165, 1.54) is 10.4 Å². The summed E-state index contributed by atoms with van der Waals surface area (Å²) in [6.45, 7) is 3.16. The van der Waals surface area contributed by atoms with Crippen LogP contribution in [0.5, 0.6) is 0 Å². The minimum atomic E-state index is 0.517. The van der Waals surface area contributed by atoms with Gasteiger partial charge in [0.25, 0.3) is 0 Å². The van der Waals surface area contributed by atoms with Gasteiger partial charge in [-0.25, -0.2) is 0 Å². The van der Waals surface area contributed by atoms with E-state index in [9.17, 15) is 0 Å². The Labute approximate surface area is 113 Å². The Morgan fingerprint density at radius 1 is 1.22 bits per heavy atom. The van der Waals surface area contributed by atoms with E-state index in [1.807, 2.05) is 29.5 Å². The summed E-state index contributed by atoms with van der Waals surface area (Å²) < 4.78 is 0. The highest BCUT2D eigenvalue weighted by Gasteiger charge is 2.12. The normalized spacial score (nSPS) is 12.8. The largest absolute Gasteiger partial charge is 0.398 e. The Balaban J connectivity index is 1.95. The van der Waals surface area contributed by atoms with Crippen molar-refractivity contribution in [2.24, 2.45) is 0 Å². The molecule has 0 aliphatic rings. The maximum atomic E-state index is 5.98. The van der Waals surface area contributed by atoms with Crippen LogP contribution in [-0.4, -0.2) is 18.0 Å². The molecule has 0 amide bonds. The minimum absolute atomic E-state index is 0.517. The van der Waals surface area contributed by atoms with Crippen molar-refractivity contribution in [3.63, 3.8) is 0 Å². The van der Waals surface area contributed by atoms with Crippen LogP contribution < -0.4 is 5.73 Å². The fraction of sp³-hybridized carbons (Fsp3) is 0.333. The summed E-state index contributed by atoms with van der Waals surface area (Å²) in [6, 6.07) is 12.9. The Morgan fingerprint density at radius 3 is 2.67 bits per heavy atom. The van der Waals surface area contributed by atoms with Gasteiger partial charge in [0, 0.05) is 23.2 Å². The number of para-hydroxylation sites is 1. The number of nitrogen functional groups attached to an aromatic ring is 1. The smallest absolute Gasteiger partial charge is 0.0359 e. The minimum Gasteiger partial charge on any atom is -0.398 e. The van der Waals surface area contributed by atoms with Crippen molar-refractivity contribution in [1.82, 2.24) is 4.90 Å². The third-order valence-electron chi connectivity index (χ3n) is 3.30. The molecule has 0 saturated heterocycles. The number of benzene rings is 1. The topological polar surface area (TPSA) is 29.3 Å². The van der Waals surface area contributed by atoms with E-state index in [0.717, 1.165) is 18.7 Å². The van der Waals surface area contributed by atoms with Crippen LogP contribution in [0.1, 0.15) is 17.4 Å². The lowest BCUT2D eigenvalue weighted by atomic mass is 10.1. The lowest BCUT2D eigenvalue weighted by Gasteiger charge is -2.25. The van der Waals surface area contributed by atoms with Crippen LogP contribution in [0.3, 0.4) is 0 Å². The quantitative estimate of drug-likeness (QED) is 0.835. The molecule has 0 aliphatic heterocycles. The molecule has 2 aromatic rings. The van der Waals surface area contributed by atoms with E-state index in [2.05, 4.69) is 42.5 Å². The first kappa shape index (κ1) is 13.1. The Kier molecular flexibility index (Phi) is 4.39. The number of hydrogen-bond acceptors (Lipinski definition) is 3. The summed E-state index contributed by atoms with van der Waals surface area (Å²) in [6.07, 6.45) is 1.10. The number of nitrogens with two attached hydrogens (primary N) is 1. The van der Waals surface area contributed by atoms with Crippen LogP contribution in [0.25, 0.3) is 0 Å². The molecule has 18 heavy (non-hydrogen) atoms. The molecule has 0 spiro atoms. The molecule has 1 heterocycles. The summed E-state index contributed by atoms with van der Waals surface area (Å²) >= 11 is 1.83. The lowest BCUT2D eigenvalue weighted by Crippen LogP contribution is -2.30. The van der Waals surface area contributed by atoms with Gasteiger partial charge in [-0.1, -0.05) is 24.3 Å². The van der Waals surface area contributed by atoms with Crippen LogP contribution in [0, 0.1) is 0 Å². The predicted molar refractivity (Wildman–Crippen MR) is 79.8 cm³/mol. The molecule has 0 fully saturated rings. The van der Waals surface area contributed by atoms with Crippen LogP contribution in [0.2, 0.25) is 0 Å². The second-order valence-electron chi connectivity index (χ2n) is 4.75. The molecule has 2 N–H and O–H groups in total. The Hall–Kier alpha value is -1.32. The van der Waals surface area contributed by atoms with E-state index in [1.54, 1.807) is 0 Å². The number of thiophene rings is 1. The third kappa shape index (κ3) is 3.34. The monoisotopic (exact) mass is 260 g/mol. The molecule has 2 nitrogen and oxygen atoms in total. The molecule has 0 bridgehead atoms. The van der Waals surface area contributed by atoms with Gasteiger partial charge in [0.2, 0.25) is 0 Å². The fourth-order valence-corrected chi connectivity index (χ4v) is 2.80. The van der Waals surface area contributed by atoms with E-state index >= 15 is 0 Å². The van der Waals surface area contributed by atoms with Gasteiger partial charge in [-0.3, -0.25) is 4.90 Å². The number of nitrogens with zero attached hydrogens (tertiary/aromatic N) is 1. The number of anilines is 1. The second-order valence-corrected chi connectivity index (χ2v) is 5.78. The standard InChI is InChI=1S/C15H20N2S/c1-12(10-14-7-5-9-18-14)17(2)11-13-6-3-4-8-15(13)16/h3-9,12H,10-11,16H2,1-2H3. The third-order valence-corrected chi connectivity index (χ3v) is 4.20. The predicted octanol–water partition coefficient (Wildman–Crippen LogP) is 3.39. The second kappa shape index (κ2) is 6.03. The first-order valence-electron chi connectivity index (χ1n) is 6.23. The molecule has 1 aromatic carbocycles. The molecule has 96 valence electrons. The lowest BCUT2D eigenvalue weighted by molar-refractivity contribution is 0.249. The van der Waals surface area contributed by atoms with Gasteiger partial charge in [0.15, 0.2) is 0 Å². The number of hydrogen-bond donors (Lipinski definition) is 1. The zero-order valence-corrected chi connectivity index (χ0v) is 11.8. The molecular weight excluding hydrogens is 240 g/mol. The zero-order chi connectivity index (χ0) is 13.0. The summed E-state index contributed by atoms with van der Waals surface area (Å²) in [5, 5.41) is 2.14. The molecule has 1 atom stereocenters. The Morgan fingerprint density at radius 2 is 2.00 bits per heavy atom. The number of likely N-dealkylation sites (N-methyl/N-ethyl adjacent to an activating group) is 1. The summed E-state index contributed by atoms with van der Waals surface area (Å²) in [4.78, 5) is 3.79. The van der Waals surface area contributed by atoms with Gasteiger partial charge in [-0.05, 0) is 43.5 Å². The molecule has 0 radical (unpaired) electrons. The van der Waals surface area contributed by atoms with Crippen LogP contribution in [0.4, 0.5) is 5.69 Å². The average molecular weight is 260 g/mol. The van der Waals surface area contributed by atoms with Crippen molar-refractivity contribution in [3.05, 3.63) is 52.2 Å². The molecule has 1 aromatic heterocycles. The maximum Gasteiger partial charge on any atom is 0.0359 e. The van der Waals surface area contributed by atoms with Gasteiger partial charge in [0.1, 0.15) is 0 Å². The van der Waals surface area contributed by atoms with E-state index in [-0.39, 0.29) is 0 Å². The van der Waals surface area contributed by atoms with E-state index < -0.39 is 0 Å². The summed E-state index contributed by atoms with van der Waals surface area (Å²) in [7, 11) is 2.16. The zero-order valence-electron chi connectivity index (χ0n) is 11.0. The summed E-state index contributed by atoms with van der Waals surface area (Å²) in [5.74, 6) is 0. The van der Waals surface area contributed by atoms with Gasteiger partial charge >= 0.3 is 0 Å². The van der Waals surface area contributed by atoms with Gasteiger partial charge in [-0.15, -0.1) is 11.3 Å². The van der Waals surface area contributed by atoms with Crippen molar-refractivity contribution in [2.45, 2.75) is 25.9 Å². The molecule has 0 saturated carbocycles. The average Bonchev–Trinajstić information content (AvgIpc) is 2.84. The molecule has 3 heteroatoms. The molecule has 0 aliphatic carbocycles. The Bertz CT molecular complexity index is 479. The van der Waals surface area contributed by atoms with E-state index in [0.29, 0.717) is 6.04 Å². The molecular formula is C15H20N2S. The van der Waals surface area contributed by atoms with Crippen molar-refractivity contribution >= 4 is 17.0 Å². The van der Waals surface area contributed by atoms with Crippen molar-refractivity contribution in [2.75, 3.05) is 12.8 Å². The maximum absolute atomic E-state index is 5.98. The van der Waals surface area contributed by atoms with Crippen LogP contribution in [0.15, 0.2) is 41.8 Å². The summed E-state index contributed by atoms with van der Waals surface area (Å²) in [5.41, 5.74) is 8.07. The molecule has 1 unspecified atom stereocenters. The highest BCUT2D eigenvalue weighted by molar-refractivity contribution is 7.09. The van der Waals surface area contributed by atoms with Crippen molar-refractivity contribution in [3.8, 4) is 0 Å². The van der Waals surface area contributed by atoms with Gasteiger partial charge < -0.3 is 5.73 Å². The number of rotatable bonds is 5. The van der Waals surface area contributed by atoms with Crippen LogP contribution >= 0.6 is 11.3 Å². The first-order chi connectivity index (χ1) is 8.66. The highest BCUT2D eigenvalue weighted by Crippen LogP contribution is 2.17. The SMILES string of the molecule is CC(Cc1cccs1)N(C)Cc1ccccc1N. The first-order valence-corrected chi connectivity index (χ1v) is 7.11. The van der Waals surface area contributed by atoms with Gasteiger partial charge in [0.05, 0.1) is 0 Å². The highest BCUT2D eigenvalue weighted by atomic mass is 32.1. The van der Waals surface area contributed by atoms with Crippen molar-refractivity contribution in [1.29, 1.82) is 0 Å².